The fraction of sp³-hybridized carbons (Fsp3) is 0. The van der Waals surface area contributed by atoms with Gasteiger partial charge < -0.3 is 0 Å². The third kappa shape index (κ3) is 3.79. The van der Waals surface area contributed by atoms with E-state index >= 15 is 0 Å². The molecule has 5 heteroatoms. The van der Waals surface area contributed by atoms with Gasteiger partial charge in [-0.1, -0.05) is 42.1 Å². The number of pyridine rings is 3. The van der Waals surface area contributed by atoms with Gasteiger partial charge in [-0.05, 0) is 42.0 Å². The van der Waals surface area contributed by atoms with E-state index in [-0.39, 0.29) is 0 Å². The fourth-order valence-electron chi connectivity index (χ4n) is 2.59. The highest BCUT2D eigenvalue weighted by molar-refractivity contribution is 7.99. The minimum Gasteiger partial charge on any atom is -0.263 e. The van der Waals surface area contributed by atoms with Gasteiger partial charge in [0.2, 0.25) is 0 Å². The molecular formula is C21H15N3S2. The highest BCUT2D eigenvalue weighted by Crippen LogP contribution is 2.30. The van der Waals surface area contributed by atoms with Crippen molar-refractivity contribution in [2.75, 3.05) is 0 Å². The summed E-state index contributed by atoms with van der Waals surface area (Å²) in [6.07, 6.45) is 5.47. The maximum Gasteiger partial charge on any atom is 0.103 e. The largest absolute Gasteiger partial charge is 0.263 e. The van der Waals surface area contributed by atoms with Crippen molar-refractivity contribution in [3.05, 3.63) is 85.3 Å². The van der Waals surface area contributed by atoms with Gasteiger partial charge in [0.05, 0.1) is 5.69 Å². The molecule has 126 valence electrons. The molecule has 0 spiro atoms. The lowest BCUT2D eigenvalue weighted by atomic mass is 10.0. The first-order chi connectivity index (χ1) is 12.8. The van der Waals surface area contributed by atoms with Crippen molar-refractivity contribution in [2.45, 2.75) is 14.9 Å². The van der Waals surface area contributed by atoms with Crippen molar-refractivity contribution in [2.24, 2.45) is 0 Å². The molecule has 0 amide bonds. The molecule has 0 saturated heterocycles. The predicted octanol–water partition coefficient (Wildman–Crippen LogP) is 5.65. The summed E-state index contributed by atoms with van der Waals surface area (Å²) in [6, 6.07) is 22.0. The summed E-state index contributed by atoms with van der Waals surface area (Å²) in [5, 5.41) is 1.83. The number of rotatable bonds is 4. The molecule has 0 aliphatic rings. The molecule has 0 radical (unpaired) electrons. The molecule has 0 N–H and O–H groups in total. The van der Waals surface area contributed by atoms with Crippen LogP contribution in [0.3, 0.4) is 0 Å². The van der Waals surface area contributed by atoms with Crippen molar-refractivity contribution < 1.29 is 0 Å². The quantitative estimate of drug-likeness (QED) is 0.470. The minimum absolute atomic E-state index is 0.886. The lowest BCUT2D eigenvalue weighted by molar-refractivity contribution is 1.09. The Morgan fingerprint density at radius 2 is 1.58 bits per heavy atom. The van der Waals surface area contributed by atoms with E-state index in [0.717, 1.165) is 37.3 Å². The molecule has 0 bridgehead atoms. The van der Waals surface area contributed by atoms with Gasteiger partial charge in [0.25, 0.3) is 0 Å². The van der Waals surface area contributed by atoms with Crippen LogP contribution >= 0.6 is 24.4 Å². The monoisotopic (exact) mass is 373 g/mol. The summed E-state index contributed by atoms with van der Waals surface area (Å²) >= 11 is 6.09. The summed E-state index contributed by atoms with van der Waals surface area (Å²) in [7, 11) is 0. The number of hydrogen-bond donors (Lipinski definition) is 1. The van der Waals surface area contributed by atoms with Gasteiger partial charge in [-0.15, -0.1) is 12.6 Å². The standard InChI is InChI=1S/C21H15N3S2/c25-19-8-2-1-6-17(19)15-12-16(14-22-13-15)18-7-5-10-21(24-18)26-20-9-3-4-11-23-20/h1-14,25H. The van der Waals surface area contributed by atoms with Crippen molar-refractivity contribution in [3.63, 3.8) is 0 Å². The van der Waals surface area contributed by atoms with Crippen molar-refractivity contribution >= 4 is 24.4 Å². The second-order valence-electron chi connectivity index (χ2n) is 5.61. The molecular weight excluding hydrogens is 358 g/mol. The van der Waals surface area contributed by atoms with Gasteiger partial charge in [0.1, 0.15) is 10.1 Å². The van der Waals surface area contributed by atoms with Crippen molar-refractivity contribution in [1.82, 2.24) is 15.0 Å². The molecule has 3 aromatic heterocycles. The molecule has 3 heterocycles. The zero-order chi connectivity index (χ0) is 17.8. The topological polar surface area (TPSA) is 38.7 Å². The van der Waals surface area contributed by atoms with E-state index in [0.29, 0.717) is 0 Å². The van der Waals surface area contributed by atoms with Crippen LogP contribution in [0.15, 0.2) is 100 Å². The minimum atomic E-state index is 0.886. The van der Waals surface area contributed by atoms with Gasteiger partial charge >= 0.3 is 0 Å². The van der Waals surface area contributed by atoms with E-state index in [1.807, 2.05) is 73.1 Å². The van der Waals surface area contributed by atoms with Crippen LogP contribution in [-0.2, 0) is 0 Å². The second kappa shape index (κ2) is 7.72. The Labute approximate surface area is 162 Å². The molecule has 1 aromatic carbocycles. The summed E-state index contributed by atoms with van der Waals surface area (Å²) in [6.45, 7) is 0. The second-order valence-corrected chi connectivity index (χ2v) is 7.13. The first kappa shape index (κ1) is 16.8. The van der Waals surface area contributed by atoms with Crippen LogP contribution in [0.25, 0.3) is 22.4 Å². The van der Waals surface area contributed by atoms with Crippen LogP contribution < -0.4 is 0 Å². The summed E-state index contributed by atoms with van der Waals surface area (Å²) in [5.74, 6) is 0. The lowest BCUT2D eigenvalue weighted by Gasteiger charge is -2.08. The normalized spacial score (nSPS) is 10.7. The molecule has 0 atom stereocenters. The predicted molar refractivity (Wildman–Crippen MR) is 109 cm³/mol. The Kier molecular flexibility index (Phi) is 5.00. The smallest absolute Gasteiger partial charge is 0.103 e. The molecule has 0 aliphatic carbocycles. The zero-order valence-electron chi connectivity index (χ0n) is 13.8. The molecule has 0 fully saturated rings. The van der Waals surface area contributed by atoms with Crippen LogP contribution in [0.5, 0.6) is 0 Å². The summed E-state index contributed by atoms with van der Waals surface area (Å²) < 4.78 is 0. The fourth-order valence-corrected chi connectivity index (χ4v) is 3.65. The number of benzene rings is 1. The van der Waals surface area contributed by atoms with Gasteiger partial charge in [-0.25, -0.2) is 9.97 Å². The highest BCUT2D eigenvalue weighted by Gasteiger charge is 2.07. The Balaban J connectivity index is 1.67. The van der Waals surface area contributed by atoms with Gasteiger partial charge in [0, 0.05) is 34.6 Å². The first-order valence-electron chi connectivity index (χ1n) is 8.09. The average Bonchev–Trinajstić information content (AvgIpc) is 2.69. The zero-order valence-corrected chi connectivity index (χ0v) is 15.5. The Morgan fingerprint density at radius 1 is 0.769 bits per heavy atom. The third-order valence-corrected chi connectivity index (χ3v) is 5.10. The molecule has 4 aromatic rings. The van der Waals surface area contributed by atoms with Crippen LogP contribution in [0.1, 0.15) is 0 Å². The van der Waals surface area contributed by atoms with Gasteiger partial charge in [-0.3, -0.25) is 4.98 Å². The van der Waals surface area contributed by atoms with E-state index < -0.39 is 0 Å². The summed E-state index contributed by atoms with van der Waals surface area (Å²) in [4.78, 5) is 14.4. The SMILES string of the molecule is Sc1ccccc1-c1cncc(-c2cccc(Sc3ccccn3)n2)c1. The molecule has 4 rings (SSSR count). The van der Waals surface area contributed by atoms with E-state index in [4.69, 9.17) is 4.98 Å². The van der Waals surface area contributed by atoms with E-state index in [1.165, 1.54) is 0 Å². The molecule has 0 unspecified atom stereocenters. The molecule has 3 nitrogen and oxygen atoms in total. The van der Waals surface area contributed by atoms with E-state index in [9.17, 15) is 0 Å². The Bertz CT molecular complexity index is 1040. The van der Waals surface area contributed by atoms with Crippen LogP contribution in [0.2, 0.25) is 0 Å². The van der Waals surface area contributed by atoms with Crippen molar-refractivity contribution in [3.8, 4) is 22.4 Å². The maximum absolute atomic E-state index is 4.76. The van der Waals surface area contributed by atoms with Gasteiger partial charge in [-0.2, -0.15) is 0 Å². The van der Waals surface area contributed by atoms with E-state index in [2.05, 4.69) is 28.7 Å². The number of aromatic nitrogens is 3. The van der Waals surface area contributed by atoms with Crippen LogP contribution in [0.4, 0.5) is 0 Å². The molecule has 26 heavy (non-hydrogen) atoms. The van der Waals surface area contributed by atoms with Crippen LogP contribution in [-0.4, -0.2) is 15.0 Å². The first-order valence-corrected chi connectivity index (χ1v) is 9.36. The Morgan fingerprint density at radius 3 is 2.42 bits per heavy atom. The highest BCUT2D eigenvalue weighted by atomic mass is 32.2. The number of thiol groups is 1. The molecule has 0 aliphatic heterocycles. The Hall–Kier alpha value is -2.63. The number of nitrogens with zero attached hydrogens (tertiary/aromatic N) is 3. The molecule has 0 saturated carbocycles. The maximum atomic E-state index is 4.76. The summed E-state index contributed by atoms with van der Waals surface area (Å²) in [5.41, 5.74) is 3.95. The third-order valence-electron chi connectivity index (χ3n) is 3.82. The van der Waals surface area contributed by atoms with Crippen molar-refractivity contribution in [1.29, 1.82) is 0 Å². The average molecular weight is 374 g/mol. The lowest BCUT2D eigenvalue weighted by Crippen LogP contribution is -1.89. The van der Waals surface area contributed by atoms with Crippen LogP contribution in [0, 0.1) is 0 Å². The number of hydrogen-bond acceptors (Lipinski definition) is 5. The van der Waals surface area contributed by atoms with Gasteiger partial charge in [0.15, 0.2) is 0 Å². The van der Waals surface area contributed by atoms with E-state index in [1.54, 1.807) is 18.0 Å².